The number of likely N-dealkylation sites (N-methyl/N-ethyl adjacent to an activating group) is 1. The molecule has 1 atom stereocenters. The molecule has 14 heteroatoms. The maximum absolute atomic E-state index is 14.0. The predicted octanol–water partition coefficient (Wildman–Crippen LogP) is 6.39. The van der Waals surface area contributed by atoms with Crippen LogP contribution in [0.1, 0.15) is 49.1 Å². The second-order valence-corrected chi connectivity index (χ2v) is 15.2. The number of benzene rings is 2. The van der Waals surface area contributed by atoms with E-state index in [0.29, 0.717) is 87.0 Å². The molecule has 1 aliphatic carbocycles. The number of hydrogen-bond acceptors (Lipinski definition) is 8. The number of hydrogen-bond donors (Lipinski definition) is 1. The Hall–Kier alpha value is -4.46. The number of anilines is 2. The van der Waals surface area contributed by atoms with Crippen LogP contribution in [0.4, 0.5) is 29.3 Å². The first kappa shape index (κ1) is 34.6. The summed E-state index contributed by atoms with van der Waals surface area (Å²) in [6.07, 6.45) is 1.66. The Labute approximate surface area is 299 Å². The van der Waals surface area contributed by atoms with Crippen LogP contribution in [0, 0.1) is 12.3 Å². The molecule has 1 N–H and O–H groups in total. The molecule has 1 amide bonds. The van der Waals surface area contributed by atoms with Gasteiger partial charge in [0, 0.05) is 81.2 Å². The second kappa shape index (κ2) is 13.2. The zero-order valence-electron chi connectivity index (χ0n) is 29.6. The van der Waals surface area contributed by atoms with E-state index in [1.807, 2.05) is 35.9 Å². The summed E-state index contributed by atoms with van der Waals surface area (Å²) in [7, 11) is 1.87. The molecule has 2 aromatic carbocycles. The molecule has 0 bridgehead atoms. The van der Waals surface area contributed by atoms with Gasteiger partial charge in [0.2, 0.25) is 11.9 Å². The van der Waals surface area contributed by atoms with Gasteiger partial charge in [0.15, 0.2) is 12.4 Å². The molecule has 3 aliphatic heterocycles. The third-order valence-electron chi connectivity index (χ3n) is 11.4. The van der Waals surface area contributed by atoms with Gasteiger partial charge in [0.05, 0.1) is 11.7 Å². The van der Waals surface area contributed by atoms with Crippen LogP contribution in [0.5, 0.6) is 5.75 Å². The SMILES string of the molecule is C=CC(=O)N1CC2(CCN(c3nc(N(C)CCN4CC[C@H](F)C4)nc4c(OCC(F)(F)F)c(-c5c(C)ccc6[nH]ncc56)c(C5CC5)cc34)CC2)C1. The predicted molar refractivity (Wildman–Crippen MR) is 193 cm³/mol. The molecule has 3 saturated heterocycles. The fourth-order valence-electron chi connectivity index (χ4n) is 8.31. The quantitative estimate of drug-likeness (QED) is 0.149. The van der Waals surface area contributed by atoms with Crippen molar-refractivity contribution in [2.45, 2.75) is 57.3 Å². The Morgan fingerprint density at radius 1 is 1.12 bits per heavy atom. The van der Waals surface area contributed by atoms with Crippen molar-refractivity contribution in [1.29, 1.82) is 0 Å². The lowest BCUT2D eigenvalue weighted by atomic mass is 9.72. The Bertz CT molecular complexity index is 2010. The molecule has 1 saturated carbocycles. The van der Waals surface area contributed by atoms with E-state index in [1.54, 1.807) is 6.20 Å². The number of nitrogens with one attached hydrogen (secondary N) is 1. The summed E-state index contributed by atoms with van der Waals surface area (Å²) in [4.78, 5) is 30.4. The molecular weight excluding hydrogens is 676 g/mol. The number of likely N-dealkylation sites (tertiary alicyclic amines) is 2. The second-order valence-electron chi connectivity index (χ2n) is 15.2. The number of carbonyl (C=O) groups is 1. The van der Waals surface area contributed by atoms with Crippen molar-refractivity contribution in [2.24, 2.45) is 5.41 Å². The highest BCUT2D eigenvalue weighted by Gasteiger charge is 2.46. The molecule has 0 unspecified atom stereocenters. The normalized spacial score (nSPS) is 20.5. The highest BCUT2D eigenvalue weighted by atomic mass is 19.4. The molecule has 2 aromatic heterocycles. The summed E-state index contributed by atoms with van der Waals surface area (Å²) in [6.45, 7) is 8.98. The summed E-state index contributed by atoms with van der Waals surface area (Å²) in [5.41, 5.74) is 4.34. The van der Waals surface area contributed by atoms with Crippen LogP contribution in [0.25, 0.3) is 32.9 Å². The van der Waals surface area contributed by atoms with E-state index in [0.717, 1.165) is 53.3 Å². The lowest BCUT2D eigenvalue weighted by molar-refractivity contribution is -0.153. The number of rotatable bonds is 10. The molecule has 0 radical (unpaired) electrons. The topological polar surface area (TPSA) is 93.7 Å². The lowest BCUT2D eigenvalue weighted by Gasteiger charge is -2.54. The van der Waals surface area contributed by atoms with Gasteiger partial charge in [-0.05, 0) is 79.8 Å². The largest absolute Gasteiger partial charge is 0.481 e. The molecule has 8 rings (SSSR count). The molecule has 10 nitrogen and oxygen atoms in total. The van der Waals surface area contributed by atoms with Gasteiger partial charge in [-0.2, -0.15) is 23.3 Å². The minimum absolute atomic E-state index is 0.0236. The molecule has 276 valence electrons. The number of H-pyrrole nitrogens is 1. The molecule has 5 heterocycles. The van der Waals surface area contributed by atoms with Crippen LogP contribution in [-0.2, 0) is 4.79 Å². The third-order valence-corrected chi connectivity index (χ3v) is 11.4. The van der Waals surface area contributed by atoms with E-state index in [2.05, 4.69) is 32.6 Å². The van der Waals surface area contributed by atoms with Crippen molar-refractivity contribution in [3.63, 3.8) is 0 Å². The number of fused-ring (bicyclic) bond motifs is 2. The number of halogens is 4. The van der Waals surface area contributed by atoms with Gasteiger partial charge < -0.3 is 19.4 Å². The van der Waals surface area contributed by atoms with Crippen LogP contribution in [0.2, 0.25) is 0 Å². The van der Waals surface area contributed by atoms with Gasteiger partial charge in [0.25, 0.3) is 0 Å². The molecule has 52 heavy (non-hydrogen) atoms. The Morgan fingerprint density at radius 2 is 1.88 bits per heavy atom. The summed E-state index contributed by atoms with van der Waals surface area (Å²) in [5.74, 6) is 1.21. The van der Waals surface area contributed by atoms with E-state index in [4.69, 9.17) is 14.7 Å². The van der Waals surface area contributed by atoms with Crippen LogP contribution in [0.15, 0.2) is 37.1 Å². The lowest BCUT2D eigenvalue weighted by Crippen LogP contribution is -2.61. The van der Waals surface area contributed by atoms with E-state index in [-0.39, 0.29) is 23.0 Å². The van der Waals surface area contributed by atoms with Crippen molar-refractivity contribution < 1.29 is 27.1 Å². The maximum Gasteiger partial charge on any atom is 0.422 e. The first-order valence-corrected chi connectivity index (χ1v) is 18.2. The zero-order chi connectivity index (χ0) is 36.4. The van der Waals surface area contributed by atoms with Gasteiger partial charge in [-0.15, -0.1) is 0 Å². The van der Waals surface area contributed by atoms with Gasteiger partial charge >= 0.3 is 6.18 Å². The first-order chi connectivity index (χ1) is 24.9. The third kappa shape index (κ3) is 6.54. The highest BCUT2D eigenvalue weighted by molar-refractivity contribution is 6.06. The molecule has 4 fully saturated rings. The van der Waals surface area contributed by atoms with Crippen LogP contribution < -0.4 is 14.5 Å². The van der Waals surface area contributed by atoms with Crippen molar-refractivity contribution in [2.75, 3.05) is 75.8 Å². The maximum atomic E-state index is 14.0. The van der Waals surface area contributed by atoms with Crippen molar-refractivity contribution in [1.82, 2.24) is 30.0 Å². The zero-order valence-corrected chi connectivity index (χ0v) is 29.6. The molecule has 4 aromatic rings. The van der Waals surface area contributed by atoms with E-state index >= 15 is 0 Å². The van der Waals surface area contributed by atoms with Crippen molar-refractivity contribution >= 4 is 39.5 Å². The van der Waals surface area contributed by atoms with E-state index in [1.165, 1.54) is 6.08 Å². The highest BCUT2D eigenvalue weighted by Crippen LogP contribution is 2.53. The van der Waals surface area contributed by atoms with Crippen molar-refractivity contribution in [3.05, 3.63) is 48.2 Å². The van der Waals surface area contributed by atoms with E-state index in [9.17, 15) is 22.4 Å². The number of ether oxygens (including phenoxy) is 1. The standard InChI is InChI=1S/C38H44F4N8O2/c1-4-30(51)50-20-37(21-50)10-13-49(14-11-37)35-27-17-26(24-6-7-24)32(31-23(2)5-8-29-28(31)18-43-46-29)34(52-22-38(40,41)42)33(27)44-36(45-35)47(3)15-16-48-12-9-25(39)19-48/h4-5,8,17-18,24-25H,1,6-7,9-16,19-22H2,2-3H3,(H,43,46)/t25-/m0/s1. The average Bonchev–Trinajstić information content (AvgIpc) is 3.70. The van der Waals surface area contributed by atoms with E-state index < -0.39 is 19.0 Å². The van der Waals surface area contributed by atoms with Gasteiger partial charge in [-0.3, -0.25) is 14.8 Å². The molecule has 4 aliphatic rings. The van der Waals surface area contributed by atoms with Crippen LogP contribution >= 0.6 is 0 Å². The first-order valence-electron chi connectivity index (χ1n) is 18.2. The van der Waals surface area contributed by atoms with Crippen LogP contribution in [0.3, 0.4) is 0 Å². The number of amides is 1. The Morgan fingerprint density at radius 3 is 2.56 bits per heavy atom. The van der Waals surface area contributed by atoms with Gasteiger partial charge in [-0.1, -0.05) is 12.6 Å². The Balaban J connectivity index is 1.27. The molecule has 1 spiro atoms. The minimum Gasteiger partial charge on any atom is -0.481 e. The number of alkyl halides is 4. The monoisotopic (exact) mass is 720 g/mol. The molecular formula is C38H44F4N8O2. The summed E-state index contributed by atoms with van der Waals surface area (Å²) >= 11 is 0. The number of aromatic amines is 1. The van der Waals surface area contributed by atoms with Crippen molar-refractivity contribution in [3.8, 4) is 16.9 Å². The van der Waals surface area contributed by atoms with Gasteiger partial charge in [-0.25, -0.2) is 9.37 Å². The number of piperidine rings is 1. The fraction of sp³-hybridized carbons (Fsp3) is 0.526. The summed E-state index contributed by atoms with van der Waals surface area (Å²) in [6, 6.07) is 5.96. The summed E-state index contributed by atoms with van der Waals surface area (Å²) < 4.78 is 62.0. The van der Waals surface area contributed by atoms with Crippen LogP contribution in [-0.4, -0.2) is 114 Å². The fourth-order valence-corrected chi connectivity index (χ4v) is 8.31. The number of aromatic nitrogens is 4. The number of carbonyl (C=O) groups excluding carboxylic acids is 1. The minimum atomic E-state index is -4.58. The average molecular weight is 721 g/mol. The smallest absolute Gasteiger partial charge is 0.422 e. The number of nitrogens with zero attached hydrogens (tertiary/aromatic N) is 7. The number of aryl methyl sites for hydroxylation is 1. The Kier molecular flexibility index (Phi) is 8.78. The summed E-state index contributed by atoms with van der Waals surface area (Å²) in [5, 5.41) is 8.74. The van der Waals surface area contributed by atoms with Gasteiger partial charge in [0.1, 0.15) is 17.5 Å².